The van der Waals surface area contributed by atoms with Crippen molar-refractivity contribution in [3.05, 3.63) is 29.8 Å². The molecule has 0 fully saturated rings. The molecule has 20 heavy (non-hydrogen) atoms. The molecule has 1 amide bonds. The number of nitrogens with two attached hydrogens (primary N) is 1. The van der Waals surface area contributed by atoms with Gasteiger partial charge in [0, 0.05) is 6.26 Å². The molecule has 114 valence electrons. The molecule has 7 heteroatoms. The summed E-state index contributed by atoms with van der Waals surface area (Å²) in [5.41, 5.74) is 6.47. The number of carbonyl (C=O) groups is 1. The number of hydrogen-bond acceptors (Lipinski definition) is 4. The number of carbonyl (C=O) groups excluding carboxylic acids is 1. The number of amides is 1. The third-order valence-corrected chi connectivity index (χ3v) is 4.07. The van der Waals surface area contributed by atoms with Gasteiger partial charge < -0.3 is 11.1 Å². The summed E-state index contributed by atoms with van der Waals surface area (Å²) in [6.45, 7) is 3.67. The van der Waals surface area contributed by atoms with Crippen molar-refractivity contribution in [2.45, 2.75) is 37.2 Å². The minimum absolute atomic E-state index is 0. The van der Waals surface area contributed by atoms with Gasteiger partial charge in [0.05, 0.1) is 17.0 Å². The van der Waals surface area contributed by atoms with Crippen LogP contribution in [0.3, 0.4) is 0 Å². The number of hydrogen-bond donors (Lipinski definition) is 2. The molecular weight excluding hydrogens is 300 g/mol. The molecule has 0 aliphatic heterocycles. The molecule has 0 aliphatic rings. The molecule has 3 N–H and O–H groups in total. The van der Waals surface area contributed by atoms with Crippen LogP contribution in [0.5, 0.6) is 0 Å². The molecule has 1 rings (SSSR count). The Hall–Kier alpha value is -1.11. The highest BCUT2D eigenvalue weighted by Crippen LogP contribution is 2.16. The Morgan fingerprint density at radius 3 is 2.20 bits per heavy atom. The first-order valence-corrected chi connectivity index (χ1v) is 8.00. The second-order valence-electron chi connectivity index (χ2n) is 4.59. The highest BCUT2D eigenvalue weighted by atomic mass is 35.5. The van der Waals surface area contributed by atoms with Gasteiger partial charge in [-0.1, -0.05) is 19.1 Å². The Bertz CT molecular complexity index is 543. The predicted molar refractivity (Wildman–Crippen MR) is 81.6 cm³/mol. The standard InChI is InChI=1S/C13H20N2O3S.ClH/c1-4-12(14)13(16)15-9(2)10-5-7-11(8-6-10)19(3,17)18;/h5-9,12H,4,14H2,1-3H3,(H,15,16);1H/t9?,12-;/m0./s1. The van der Waals surface area contributed by atoms with Gasteiger partial charge >= 0.3 is 0 Å². The van der Waals surface area contributed by atoms with Crippen LogP contribution in [0.2, 0.25) is 0 Å². The van der Waals surface area contributed by atoms with Crippen LogP contribution >= 0.6 is 12.4 Å². The summed E-state index contributed by atoms with van der Waals surface area (Å²) in [5, 5.41) is 2.79. The average Bonchev–Trinajstić information content (AvgIpc) is 2.36. The van der Waals surface area contributed by atoms with Crippen molar-refractivity contribution < 1.29 is 13.2 Å². The van der Waals surface area contributed by atoms with Gasteiger partial charge in [-0.2, -0.15) is 0 Å². The van der Waals surface area contributed by atoms with Crippen LogP contribution in [0.4, 0.5) is 0 Å². The lowest BCUT2D eigenvalue weighted by Gasteiger charge is -2.17. The van der Waals surface area contributed by atoms with Crippen molar-refractivity contribution in [1.29, 1.82) is 0 Å². The summed E-state index contributed by atoms with van der Waals surface area (Å²) in [6.07, 6.45) is 1.74. The maximum Gasteiger partial charge on any atom is 0.237 e. The van der Waals surface area contributed by atoms with E-state index in [1.54, 1.807) is 12.1 Å². The van der Waals surface area contributed by atoms with Crippen LogP contribution in [0.15, 0.2) is 29.2 Å². The van der Waals surface area contributed by atoms with Crippen molar-refractivity contribution in [1.82, 2.24) is 5.32 Å². The lowest BCUT2D eigenvalue weighted by Crippen LogP contribution is -2.41. The fourth-order valence-corrected chi connectivity index (χ4v) is 2.22. The largest absolute Gasteiger partial charge is 0.348 e. The third-order valence-electron chi connectivity index (χ3n) is 2.94. The number of halogens is 1. The number of sulfone groups is 1. The molecular formula is C13H21ClN2O3S. The zero-order valence-electron chi connectivity index (χ0n) is 11.8. The number of benzene rings is 1. The monoisotopic (exact) mass is 320 g/mol. The van der Waals surface area contributed by atoms with Crippen LogP contribution in [0, 0.1) is 0 Å². The van der Waals surface area contributed by atoms with Gasteiger partial charge in [0.1, 0.15) is 0 Å². The smallest absolute Gasteiger partial charge is 0.237 e. The van der Waals surface area contributed by atoms with E-state index in [4.69, 9.17) is 5.73 Å². The summed E-state index contributed by atoms with van der Waals surface area (Å²) in [5.74, 6) is -0.206. The molecule has 0 saturated carbocycles. The van der Waals surface area contributed by atoms with Crippen molar-refractivity contribution in [2.24, 2.45) is 5.73 Å². The molecule has 1 unspecified atom stereocenters. The lowest BCUT2D eigenvalue weighted by molar-refractivity contribution is -0.123. The summed E-state index contributed by atoms with van der Waals surface area (Å²) < 4.78 is 22.7. The van der Waals surface area contributed by atoms with Crippen molar-refractivity contribution in [2.75, 3.05) is 6.26 Å². The van der Waals surface area contributed by atoms with E-state index < -0.39 is 15.9 Å². The van der Waals surface area contributed by atoms with Gasteiger partial charge in [-0.15, -0.1) is 12.4 Å². The van der Waals surface area contributed by atoms with E-state index in [0.717, 1.165) is 11.8 Å². The maximum absolute atomic E-state index is 11.7. The van der Waals surface area contributed by atoms with Crippen LogP contribution in [-0.4, -0.2) is 26.6 Å². The van der Waals surface area contributed by atoms with Gasteiger partial charge in [-0.05, 0) is 31.0 Å². The van der Waals surface area contributed by atoms with Crippen LogP contribution < -0.4 is 11.1 Å². The van der Waals surface area contributed by atoms with E-state index >= 15 is 0 Å². The van der Waals surface area contributed by atoms with E-state index in [2.05, 4.69) is 5.32 Å². The van der Waals surface area contributed by atoms with E-state index in [9.17, 15) is 13.2 Å². The van der Waals surface area contributed by atoms with Crippen LogP contribution in [0.1, 0.15) is 31.9 Å². The molecule has 0 saturated heterocycles. The molecule has 0 radical (unpaired) electrons. The van der Waals surface area contributed by atoms with E-state index in [1.807, 2.05) is 13.8 Å². The van der Waals surface area contributed by atoms with E-state index in [-0.39, 0.29) is 29.3 Å². The Balaban J connectivity index is 0.00000361. The molecule has 0 bridgehead atoms. The van der Waals surface area contributed by atoms with Crippen molar-refractivity contribution in [3.63, 3.8) is 0 Å². The Labute approximate surface area is 126 Å². The predicted octanol–water partition coefficient (Wildman–Crippen LogP) is 1.43. The molecule has 1 aromatic rings. The van der Waals surface area contributed by atoms with Gasteiger partial charge in [0.2, 0.25) is 5.91 Å². The van der Waals surface area contributed by atoms with Crippen LogP contribution in [-0.2, 0) is 14.6 Å². The maximum atomic E-state index is 11.7. The Morgan fingerprint density at radius 1 is 1.30 bits per heavy atom. The second-order valence-corrected chi connectivity index (χ2v) is 6.60. The van der Waals surface area contributed by atoms with Gasteiger partial charge in [-0.25, -0.2) is 8.42 Å². The highest BCUT2D eigenvalue weighted by Gasteiger charge is 2.15. The molecule has 0 spiro atoms. The third kappa shape index (κ3) is 5.11. The highest BCUT2D eigenvalue weighted by molar-refractivity contribution is 7.90. The van der Waals surface area contributed by atoms with E-state index in [0.29, 0.717) is 6.42 Å². The SMILES string of the molecule is CC[C@H](N)C(=O)NC(C)c1ccc(S(C)(=O)=O)cc1.Cl. The summed E-state index contributed by atoms with van der Waals surface area (Å²) >= 11 is 0. The Kier molecular flexibility index (Phi) is 7.19. The van der Waals surface area contributed by atoms with Gasteiger partial charge in [-0.3, -0.25) is 4.79 Å². The molecule has 0 aliphatic carbocycles. The number of rotatable bonds is 5. The molecule has 0 aromatic heterocycles. The fraction of sp³-hybridized carbons (Fsp3) is 0.462. The molecule has 5 nitrogen and oxygen atoms in total. The molecule has 0 heterocycles. The molecule has 1 aromatic carbocycles. The van der Waals surface area contributed by atoms with Crippen molar-refractivity contribution >= 4 is 28.2 Å². The first-order valence-electron chi connectivity index (χ1n) is 6.11. The first-order chi connectivity index (χ1) is 8.75. The quantitative estimate of drug-likeness (QED) is 0.858. The minimum Gasteiger partial charge on any atom is -0.348 e. The topological polar surface area (TPSA) is 89.3 Å². The summed E-state index contributed by atoms with van der Waals surface area (Å²) in [4.78, 5) is 11.9. The van der Waals surface area contributed by atoms with E-state index in [1.165, 1.54) is 12.1 Å². The Morgan fingerprint density at radius 2 is 1.80 bits per heavy atom. The second kappa shape index (κ2) is 7.61. The first kappa shape index (κ1) is 18.9. The van der Waals surface area contributed by atoms with Gasteiger partial charge in [0.15, 0.2) is 9.84 Å². The van der Waals surface area contributed by atoms with Crippen molar-refractivity contribution in [3.8, 4) is 0 Å². The zero-order chi connectivity index (χ0) is 14.6. The summed E-state index contributed by atoms with van der Waals surface area (Å²) in [6, 6.07) is 5.73. The van der Waals surface area contributed by atoms with Crippen LogP contribution in [0.25, 0.3) is 0 Å². The summed E-state index contributed by atoms with van der Waals surface area (Å²) in [7, 11) is -3.19. The lowest BCUT2D eigenvalue weighted by atomic mass is 10.1. The fourth-order valence-electron chi connectivity index (χ4n) is 1.59. The average molecular weight is 321 g/mol. The normalized spacial score (nSPS) is 14.0. The molecule has 2 atom stereocenters. The zero-order valence-corrected chi connectivity index (χ0v) is 13.4. The minimum atomic E-state index is -3.19. The number of nitrogens with one attached hydrogen (secondary N) is 1. The van der Waals surface area contributed by atoms with Gasteiger partial charge in [0.25, 0.3) is 0 Å².